The van der Waals surface area contributed by atoms with Gasteiger partial charge >= 0.3 is 6.09 Å². The third-order valence-corrected chi connectivity index (χ3v) is 3.93. The lowest BCUT2D eigenvalue weighted by atomic mass is 10.0. The summed E-state index contributed by atoms with van der Waals surface area (Å²) in [7, 11) is 0. The summed E-state index contributed by atoms with van der Waals surface area (Å²) in [5.41, 5.74) is -0.529. The molecule has 0 spiro atoms. The quantitative estimate of drug-likeness (QED) is 0.611. The summed E-state index contributed by atoms with van der Waals surface area (Å²) in [5, 5.41) is 11.0. The molecule has 24 heavy (non-hydrogen) atoms. The molecule has 1 aromatic heterocycles. The molecule has 1 aliphatic heterocycles. The molecule has 2 heterocycles. The van der Waals surface area contributed by atoms with Crippen molar-refractivity contribution in [1.82, 2.24) is 9.47 Å². The van der Waals surface area contributed by atoms with Crippen LogP contribution in [0.25, 0.3) is 0 Å². The Labute approximate surface area is 140 Å². The Balaban J connectivity index is 2.11. The van der Waals surface area contributed by atoms with E-state index in [0.29, 0.717) is 31.5 Å². The van der Waals surface area contributed by atoms with E-state index >= 15 is 0 Å². The molecule has 0 aliphatic carbocycles. The Morgan fingerprint density at radius 3 is 2.42 bits per heavy atom. The van der Waals surface area contributed by atoms with E-state index < -0.39 is 10.5 Å². The molecule has 1 aromatic rings. The number of carbonyl (C=O) groups excluding carboxylic acids is 1. The topological polar surface area (TPSA) is 94.7 Å². The van der Waals surface area contributed by atoms with Crippen LogP contribution in [0.3, 0.4) is 0 Å². The highest BCUT2D eigenvalue weighted by molar-refractivity contribution is 5.68. The Kier molecular flexibility index (Phi) is 4.96. The molecule has 0 aromatic carbocycles. The van der Waals surface area contributed by atoms with Crippen molar-refractivity contribution in [3.8, 4) is 0 Å². The molecule has 0 N–H and O–H groups in total. The van der Waals surface area contributed by atoms with E-state index in [2.05, 4.69) is 0 Å². The molecule has 1 aliphatic rings. The van der Waals surface area contributed by atoms with Crippen molar-refractivity contribution in [2.45, 2.75) is 52.2 Å². The first-order chi connectivity index (χ1) is 11.1. The molecule has 0 radical (unpaired) electrons. The van der Waals surface area contributed by atoms with Crippen molar-refractivity contribution in [3.05, 3.63) is 38.3 Å². The van der Waals surface area contributed by atoms with Crippen LogP contribution in [0.2, 0.25) is 0 Å². The summed E-state index contributed by atoms with van der Waals surface area (Å²) >= 11 is 0. The highest BCUT2D eigenvalue weighted by Gasteiger charge is 2.28. The number of nitro groups is 1. The van der Waals surface area contributed by atoms with E-state index in [1.165, 1.54) is 16.8 Å². The van der Waals surface area contributed by atoms with Gasteiger partial charge in [0.1, 0.15) is 5.60 Å². The van der Waals surface area contributed by atoms with Crippen LogP contribution >= 0.6 is 0 Å². The normalized spacial score (nSPS) is 16.1. The minimum Gasteiger partial charge on any atom is -0.444 e. The molecule has 1 amide bonds. The van der Waals surface area contributed by atoms with Crippen LogP contribution in [0.5, 0.6) is 0 Å². The second-order valence-electron chi connectivity index (χ2n) is 7.05. The summed E-state index contributed by atoms with van der Waals surface area (Å²) < 4.78 is 6.77. The molecule has 8 nitrogen and oxygen atoms in total. The number of piperidine rings is 1. The maximum absolute atomic E-state index is 12.3. The first-order valence-corrected chi connectivity index (χ1v) is 7.93. The zero-order valence-corrected chi connectivity index (χ0v) is 14.4. The lowest BCUT2D eigenvalue weighted by Gasteiger charge is -2.34. The van der Waals surface area contributed by atoms with E-state index in [1.807, 2.05) is 20.8 Å². The highest BCUT2D eigenvalue weighted by Crippen LogP contribution is 2.24. The summed E-state index contributed by atoms with van der Waals surface area (Å²) in [4.78, 5) is 36.4. The van der Waals surface area contributed by atoms with Gasteiger partial charge in [-0.1, -0.05) is 0 Å². The van der Waals surface area contributed by atoms with E-state index in [1.54, 1.807) is 11.8 Å². The van der Waals surface area contributed by atoms with Gasteiger partial charge in [0.15, 0.2) is 0 Å². The molecule has 0 atom stereocenters. The van der Waals surface area contributed by atoms with Crippen molar-refractivity contribution in [2.75, 3.05) is 13.1 Å². The van der Waals surface area contributed by atoms with Crippen LogP contribution in [0, 0.1) is 17.0 Å². The number of aryl methyl sites for hydroxylation is 1. The maximum Gasteiger partial charge on any atom is 0.410 e. The van der Waals surface area contributed by atoms with Crippen LogP contribution in [-0.2, 0) is 4.74 Å². The zero-order valence-electron chi connectivity index (χ0n) is 14.4. The van der Waals surface area contributed by atoms with Crippen molar-refractivity contribution in [3.63, 3.8) is 0 Å². The van der Waals surface area contributed by atoms with Gasteiger partial charge in [0, 0.05) is 30.8 Å². The summed E-state index contributed by atoms with van der Waals surface area (Å²) in [6.07, 6.45) is 2.03. The minimum atomic E-state index is -0.554. The largest absolute Gasteiger partial charge is 0.444 e. The molecule has 8 heteroatoms. The van der Waals surface area contributed by atoms with Gasteiger partial charge in [-0.2, -0.15) is 0 Å². The SMILES string of the molecule is Cc1cc([N+](=O)[O-])cn(C2CCN(C(=O)OC(C)(C)C)CC2)c1=O. The fourth-order valence-electron chi connectivity index (χ4n) is 2.75. The Hall–Kier alpha value is -2.38. The Bertz CT molecular complexity index is 697. The molecular formula is C16H23N3O5. The fourth-order valence-corrected chi connectivity index (χ4v) is 2.75. The monoisotopic (exact) mass is 337 g/mol. The van der Waals surface area contributed by atoms with Gasteiger partial charge in [-0.3, -0.25) is 14.9 Å². The predicted octanol–water partition coefficient (Wildman–Crippen LogP) is 2.64. The van der Waals surface area contributed by atoms with Gasteiger partial charge in [0.05, 0.1) is 11.1 Å². The average Bonchev–Trinajstić information content (AvgIpc) is 2.48. The van der Waals surface area contributed by atoms with Crippen LogP contribution in [0.15, 0.2) is 17.1 Å². The standard InChI is InChI=1S/C16H23N3O5/c1-11-9-13(19(22)23)10-18(14(11)20)12-5-7-17(8-6-12)15(21)24-16(2,3)4/h9-10,12H,5-8H2,1-4H3. The third-order valence-electron chi connectivity index (χ3n) is 3.93. The van der Waals surface area contributed by atoms with Crippen molar-refractivity contribution in [2.24, 2.45) is 0 Å². The number of pyridine rings is 1. The van der Waals surface area contributed by atoms with E-state index in [-0.39, 0.29) is 23.4 Å². The van der Waals surface area contributed by atoms with E-state index in [0.717, 1.165) is 0 Å². The number of nitrogens with zero attached hydrogens (tertiary/aromatic N) is 3. The van der Waals surface area contributed by atoms with E-state index in [9.17, 15) is 19.7 Å². The molecule has 0 unspecified atom stereocenters. The summed E-state index contributed by atoms with van der Waals surface area (Å²) in [6, 6.07) is 1.13. The molecular weight excluding hydrogens is 314 g/mol. The van der Waals surface area contributed by atoms with Gasteiger partial charge in [-0.05, 0) is 40.5 Å². The molecule has 1 fully saturated rings. The predicted molar refractivity (Wildman–Crippen MR) is 88.2 cm³/mol. The number of carbonyl (C=O) groups is 1. The average molecular weight is 337 g/mol. The second-order valence-corrected chi connectivity index (χ2v) is 7.05. The smallest absolute Gasteiger partial charge is 0.410 e. The number of aromatic nitrogens is 1. The van der Waals surface area contributed by atoms with Crippen molar-refractivity contribution < 1.29 is 14.5 Å². The summed E-state index contributed by atoms with van der Waals surface area (Å²) in [5.74, 6) is 0. The Morgan fingerprint density at radius 1 is 1.33 bits per heavy atom. The molecule has 132 valence electrons. The first-order valence-electron chi connectivity index (χ1n) is 7.93. The summed E-state index contributed by atoms with van der Waals surface area (Å²) in [6.45, 7) is 7.90. The van der Waals surface area contributed by atoms with Crippen LogP contribution < -0.4 is 5.56 Å². The van der Waals surface area contributed by atoms with Crippen molar-refractivity contribution >= 4 is 11.8 Å². The number of hydrogen-bond donors (Lipinski definition) is 0. The number of likely N-dealkylation sites (tertiary alicyclic amines) is 1. The molecule has 1 saturated heterocycles. The maximum atomic E-state index is 12.3. The first kappa shape index (κ1) is 18.0. The number of ether oxygens (including phenoxy) is 1. The zero-order chi connectivity index (χ0) is 18.1. The fraction of sp³-hybridized carbons (Fsp3) is 0.625. The van der Waals surface area contributed by atoms with Gasteiger partial charge in [0.25, 0.3) is 11.2 Å². The van der Waals surface area contributed by atoms with Crippen LogP contribution in [0.1, 0.15) is 45.2 Å². The highest BCUT2D eigenvalue weighted by atomic mass is 16.6. The lowest BCUT2D eigenvalue weighted by Crippen LogP contribution is -2.43. The second kappa shape index (κ2) is 6.62. The molecule has 0 bridgehead atoms. The number of amides is 1. The third kappa shape index (κ3) is 4.12. The minimum absolute atomic E-state index is 0.0957. The van der Waals surface area contributed by atoms with Crippen LogP contribution in [0.4, 0.5) is 10.5 Å². The van der Waals surface area contributed by atoms with Crippen LogP contribution in [-0.4, -0.2) is 39.2 Å². The van der Waals surface area contributed by atoms with Gasteiger partial charge in [-0.15, -0.1) is 0 Å². The van der Waals surface area contributed by atoms with E-state index in [4.69, 9.17) is 4.74 Å². The van der Waals surface area contributed by atoms with Crippen molar-refractivity contribution in [1.29, 1.82) is 0 Å². The Morgan fingerprint density at radius 2 is 1.92 bits per heavy atom. The lowest BCUT2D eigenvalue weighted by molar-refractivity contribution is -0.385. The molecule has 2 rings (SSSR count). The van der Waals surface area contributed by atoms with Gasteiger partial charge in [0.2, 0.25) is 0 Å². The number of rotatable bonds is 2. The molecule has 0 saturated carbocycles. The van der Waals surface area contributed by atoms with Gasteiger partial charge < -0.3 is 14.2 Å². The van der Waals surface area contributed by atoms with Gasteiger partial charge in [-0.25, -0.2) is 4.79 Å². The number of hydrogen-bond acceptors (Lipinski definition) is 5.